The van der Waals surface area contributed by atoms with Gasteiger partial charge in [-0.15, -0.1) is 0 Å². The van der Waals surface area contributed by atoms with Gasteiger partial charge in [-0.1, -0.05) is 158 Å². The summed E-state index contributed by atoms with van der Waals surface area (Å²) in [6.45, 7) is 0. The molecule has 4 heteroatoms. The molecule has 0 amide bonds. The molecule has 1 spiro atoms. The molecule has 4 nitrogen and oxygen atoms in total. The summed E-state index contributed by atoms with van der Waals surface area (Å²) in [6, 6.07) is 58.7. The normalized spacial score (nSPS) is 16.9. The summed E-state index contributed by atoms with van der Waals surface area (Å²) >= 11 is 0. The van der Waals surface area contributed by atoms with Gasteiger partial charge in [0.15, 0.2) is 12.0 Å². The molecule has 7 aromatic carbocycles. The number of para-hydroxylation sites is 1. The van der Waals surface area contributed by atoms with Crippen molar-refractivity contribution in [1.82, 2.24) is 4.90 Å². The number of aliphatic imine (C=N–C) groups is 2. The predicted octanol–water partition coefficient (Wildman–Crippen LogP) is 11.6. The average Bonchev–Trinajstić information content (AvgIpc) is 3.54. The van der Waals surface area contributed by atoms with E-state index in [0.29, 0.717) is 0 Å². The van der Waals surface area contributed by atoms with E-state index in [2.05, 4.69) is 182 Å². The van der Waals surface area contributed by atoms with Crippen molar-refractivity contribution in [1.29, 1.82) is 0 Å². The molecule has 0 radical (unpaired) electrons. The van der Waals surface area contributed by atoms with Gasteiger partial charge in [-0.25, -0.2) is 9.98 Å². The third-order valence-corrected chi connectivity index (χ3v) is 11.9. The van der Waals surface area contributed by atoms with Gasteiger partial charge in [0.05, 0.1) is 5.41 Å². The number of aryl methyl sites for hydroxylation is 1. The molecule has 2 heterocycles. The average molecular weight is 708 g/mol. The van der Waals surface area contributed by atoms with Crippen LogP contribution >= 0.6 is 0 Å². The summed E-state index contributed by atoms with van der Waals surface area (Å²) in [5, 5.41) is 0. The quantitative estimate of drug-likeness (QED) is 0.183. The molecule has 0 N–H and O–H groups in total. The van der Waals surface area contributed by atoms with E-state index in [9.17, 15) is 0 Å². The molecule has 2 aliphatic heterocycles. The molecule has 55 heavy (non-hydrogen) atoms. The minimum atomic E-state index is -0.482. The first kappa shape index (κ1) is 31.7. The van der Waals surface area contributed by atoms with Crippen LogP contribution in [0.4, 0.5) is 0 Å². The molecule has 0 aromatic heterocycles. The van der Waals surface area contributed by atoms with E-state index in [1.54, 1.807) is 0 Å². The van der Waals surface area contributed by atoms with E-state index in [1.807, 2.05) is 6.07 Å². The van der Waals surface area contributed by atoms with Crippen LogP contribution in [0.3, 0.4) is 0 Å². The second-order valence-corrected chi connectivity index (χ2v) is 14.8. The Morgan fingerprint density at radius 2 is 1.24 bits per heavy atom. The standard InChI is InChI=1S/C51H37N3O/c1-54-49(34-16-3-2-4-17-34)52-48(53-50(54)41-24-14-18-33-15-5-6-21-38(33)41)37-20-13-19-35(31-37)36-29-30-45-47(32-36)55-46-28-12-11-27-44(46)51(45)42-25-9-7-22-39(42)40-23-8-10-26-43(40)51/h2-4,6-14,16-32,50H,5,15H2,1H3. The maximum absolute atomic E-state index is 6.83. The topological polar surface area (TPSA) is 37.2 Å². The van der Waals surface area contributed by atoms with Gasteiger partial charge in [0, 0.05) is 34.9 Å². The zero-order valence-corrected chi connectivity index (χ0v) is 30.5. The Bertz CT molecular complexity index is 2730. The van der Waals surface area contributed by atoms with Gasteiger partial charge in [0.2, 0.25) is 0 Å². The van der Waals surface area contributed by atoms with Gasteiger partial charge >= 0.3 is 0 Å². The molecule has 7 aromatic rings. The third kappa shape index (κ3) is 4.77. The lowest BCUT2D eigenvalue weighted by molar-refractivity contribution is 0.382. The zero-order valence-electron chi connectivity index (χ0n) is 30.5. The molecule has 1 atom stereocenters. The second-order valence-electron chi connectivity index (χ2n) is 14.8. The van der Waals surface area contributed by atoms with Gasteiger partial charge in [0.1, 0.15) is 17.3 Å². The number of rotatable bonds is 4. The predicted molar refractivity (Wildman–Crippen MR) is 223 cm³/mol. The van der Waals surface area contributed by atoms with Crippen LogP contribution in [0.1, 0.15) is 62.7 Å². The number of amidine groups is 2. The molecule has 0 saturated carbocycles. The van der Waals surface area contributed by atoms with Crippen LogP contribution in [-0.2, 0) is 11.8 Å². The minimum absolute atomic E-state index is 0.227. The van der Waals surface area contributed by atoms with Crippen LogP contribution in [-0.4, -0.2) is 23.6 Å². The highest BCUT2D eigenvalue weighted by atomic mass is 16.5. The minimum Gasteiger partial charge on any atom is -0.457 e. The number of fused-ring (bicyclic) bond motifs is 10. The van der Waals surface area contributed by atoms with Crippen molar-refractivity contribution in [3.8, 4) is 33.8 Å². The van der Waals surface area contributed by atoms with Crippen molar-refractivity contribution >= 4 is 17.7 Å². The molecule has 2 aliphatic carbocycles. The summed E-state index contributed by atoms with van der Waals surface area (Å²) < 4.78 is 6.83. The van der Waals surface area contributed by atoms with Crippen LogP contribution in [0.2, 0.25) is 0 Å². The van der Waals surface area contributed by atoms with E-state index in [0.717, 1.165) is 63.8 Å². The van der Waals surface area contributed by atoms with Crippen LogP contribution < -0.4 is 4.74 Å². The van der Waals surface area contributed by atoms with Gasteiger partial charge in [0.25, 0.3) is 0 Å². The Labute approximate surface area is 321 Å². The second kappa shape index (κ2) is 12.4. The van der Waals surface area contributed by atoms with Crippen molar-refractivity contribution in [3.63, 3.8) is 0 Å². The van der Waals surface area contributed by atoms with Crippen molar-refractivity contribution in [2.45, 2.75) is 24.4 Å². The van der Waals surface area contributed by atoms with E-state index >= 15 is 0 Å². The Morgan fingerprint density at radius 1 is 0.582 bits per heavy atom. The van der Waals surface area contributed by atoms with E-state index in [-0.39, 0.29) is 6.17 Å². The maximum Gasteiger partial charge on any atom is 0.159 e. The molecule has 0 fully saturated rings. The summed E-state index contributed by atoms with van der Waals surface area (Å²) in [5.41, 5.74) is 15.0. The highest BCUT2D eigenvalue weighted by molar-refractivity contribution is 6.13. The fourth-order valence-electron chi connectivity index (χ4n) is 9.40. The summed E-state index contributed by atoms with van der Waals surface area (Å²) in [4.78, 5) is 12.9. The maximum atomic E-state index is 6.83. The number of hydrogen-bond acceptors (Lipinski definition) is 4. The Hall–Kier alpha value is -6.78. The molecule has 11 rings (SSSR count). The lowest BCUT2D eigenvalue weighted by Gasteiger charge is -2.39. The molecular weight excluding hydrogens is 671 g/mol. The van der Waals surface area contributed by atoms with Crippen LogP contribution in [0.25, 0.3) is 28.3 Å². The lowest BCUT2D eigenvalue weighted by atomic mass is 9.66. The summed E-state index contributed by atoms with van der Waals surface area (Å²) in [5.74, 6) is 3.39. The summed E-state index contributed by atoms with van der Waals surface area (Å²) in [6.07, 6.45) is 6.44. The SMILES string of the molecule is CN1C(c2ccccc2)=NC(c2cccc(-c3ccc4c(c3)Oc3ccccc3C43c4ccccc4-c4ccccc43)c2)=NC1c1cccc2c1C=CCC2. The summed E-state index contributed by atoms with van der Waals surface area (Å²) in [7, 11) is 2.11. The molecule has 0 bridgehead atoms. The fourth-order valence-corrected chi connectivity index (χ4v) is 9.40. The molecule has 0 saturated heterocycles. The Morgan fingerprint density at radius 3 is 2.05 bits per heavy atom. The Balaban J connectivity index is 1.05. The largest absolute Gasteiger partial charge is 0.457 e. The van der Waals surface area contributed by atoms with Crippen molar-refractivity contribution in [2.75, 3.05) is 7.05 Å². The first-order valence-electron chi connectivity index (χ1n) is 19.1. The highest BCUT2D eigenvalue weighted by Gasteiger charge is 2.50. The number of nitrogens with zero attached hydrogens (tertiary/aromatic N) is 3. The smallest absolute Gasteiger partial charge is 0.159 e. The van der Waals surface area contributed by atoms with E-state index in [1.165, 1.54) is 44.5 Å². The van der Waals surface area contributed by atoms with Crippen molar-refractivity contribution in [2.24, 2.45) is 9.98 Å². The first-order valence-corrected chi connectivity index (χ1v) is 19.1. The monoisotopic (exact) mass is 707 g/mol. The van der Waals surface area contributed by atoms with Gasteiger partial charge in [-0.2, -0.15) is 0 Å². The number of allylic oxidation sites excluding steroid dienone is 1. The highest BCUT2D eigenvalue weighted by Crippen LogP contribution is 2.62. The molecule has 1 unspecified atom stereocenters. The van der Waals surface area contributed by atoms with Crippen LogP contribution in [0.15, 0.2) is 180 Å². The number of benzene rings is 7. The Kier molecular flexibility index (Phi) is 7.15. The number of ether oxygens (including phenoxy) is 1. The third-order valence-electron chi connectivity index (χ3n) is 11.9. The van der Waals surface area contributed by atoms with Gasteiger partial charge < -0.3 is 9.64 Å². The van der Waals surface area contributed by atoms with E-state index in [4.69, 9.17) is 14.7 Å². The lowest BCUT2D eigenvalue weighted by Crippen LogP contribution is -2.36. The molecule has 4 aliphatic rings. The van der Waals surface area contributed by atoms with Gasteiger partial charge in [-0.05, 0) is 75.5 Å². The molecule has 262 valence electrons. The molecular formula is C51H37N3O. The zero-order chi connectivity index (χ0) is 36.5. The van der Waals surface area contributed by atoms with Crippen molar-refractivity contribution < 1.29 is 4.74 Å². The van der Waals surface area contributed by atoms with Crippen molar-refractivity contribution in [3.05, 3.63) is 220 Å². The van der Waals surface area contributed by atoms with Gasteiger partial charge in [-0.3, -0.25) is 0 Å². The number of hydrogen-bond donors (Lipinski definition) is 0. The van der Waals surface area contributed by atoms with E-state index < -0.39 is 5.41 Å². The van der Waals surface area contributed by atoms with Crippen LogP contribution in [0, 0.1) is 0 Å². The van der Waals surface area contributed by atoms with Crippen LogP contribution in [0.5, 0.6) is 11.5 Å². The fraction of sp³-hybridized carbons (Fsp3) is 0.0980. The first-order chi connectivity index (χ1) is 27.2.